The van der Waals surface area contributed by atoms with Crippen LogP contribution in [0.5, 0.6) is 0 Å². The van der Waals surface area contributed by atoms with Gasteiger partial charge in [0, 0.05) is 0 Å². The summed E-state index contributed by atoms with van der Waals surface area (Å²) in [6, 6.07) is 10.6. The quantitative estimate of drug-likeness (QED) is 0.516. The molecule has 0 saturated heterocycles. The molecule has 3 heteroatoms. The van der Waals surface area contributed by atoms with Gasteiger partial charge in [0.15, 0.2) is 0 Å². The van der Waals surface area contributed by atoms with Crippen LogP contribution in [0.15, 0.2) is 24.3 Å². The van der Waals surface area contributed by atoms with Crippen LogP contribution < -0.4 is 10.9 Å². The molecule has 0 saturated carbocycles. The molecule has 0 amide bonds. The van der Waals surface area contributed by atoms with Crippen molar-refractivity contribution in [2.75, 3.05) is 0 Å². The molecule has 70 valence electrons. The van der Waals surface area contributed by atoms with Gasteiger partial charge in [-0.25, -0.2) is 0 Å². The van der Waals surface area contributed by atoms with Crippen LogP contribution >= 0.6 is 0 Å². The molecule has 0 radical (unpaired) electrons. The van der Waals surface area contributed by atoms with Crippen molar-refractivity contribution >= 4 is 37.4 Å². The van der Waals surface area contributed by atoms with Crippen LogP contribution in [-0.4, -0.2) is 15.7 Å². The third-order valence-corrected chi connectivity index (χ3v) is 2.92. The number of benzene rings is 2. The Labute approximate surface area is 91.5 Å². The van der Waals surface area contributed by atoms with Crippen molar-refractivity contribution in [3.63, 3.8) is 0 Å². The van der Waals surface area contributed by atoms with Crippen molar-refractivity contribution in [2.24, 2.45) is 0 Å². The maximum absolute atomic E-state index is 8.95. The molecular weight excluding hydrogens is 180 g/mol. The molecule has 2 aromatic rings. The molecular formula is C12H11B2N. The number of aryl methyl sites for hydroxylation is 1. The average Bonchev–Trinajstić information content (AvgIpc) is 2.20. The summed E-state index contributed by atoms with van der Waals surface area (Å²) in [6.45, 7) is 1.98. The Morgan fingerprint density at radius 1 is 1.00 bits per heavy atom. The van der Waals surface area contributed by atoms with Gasteiger partial charge in [0.05, 0.1) is 11.6 Å². The van der Waals surface area contributed by atoms with E-state index in [2.05, 4.69) is 40.0 Å². The van der Waals surface area contributed by atoms with Crippen LogP contribution in [0.3, 0.4) is 0 Å². The Kier molecular flexibility index (Phi) is 2.28. The Hall–Kier alpha value is -1.68. The van der Waals surface area contributed by atoms with Crippen LogP contribution in [0, 0.1) is 18.3 Å². The second-order valence-electron chi connectivity index (χ2n) is 4.06. The fraction of sp³-hybridized carbons (Fsp3) is 0.0833. The van der Waals surface area contributed by atoms with Gasteiger partial charge in [0.25, 0.3) is 0 Å². The molecule has 0 aliphatic heterocycles. The molecule has 0 N–H and O–H groups in total. The fourth-order valence-electron chi connectivity index (χ4n) is 1.81. The molecule has 0 aliphatic carbocycles. The highest BCUT2D eigenvalue weighted by Gasteiger charge is 2.02. The fourth-order valence-corrected chi connectivity index (χ4v) is 1.81. The third kappa shape index (κ3) is 1.64. The summed E-state index contributed by atoms with van der Waals surface area (Å²) in [7, 11) is 4.21. The smallest absolute Gasteiger partial charge is 0.138 e. The van der Waals surface area contributed by atoms with Gasteiger partial charge in [0.2, 0.25) is 0 Å². The van der Waals surface area contributed by atoms with Crippen LogP contribution in [0.25, 0.3) is 10.8 Å². The zero-order chi connectivity index (χ0) is 11.0. The van der Waals surface area contributed by atoms with Gasteiger partial charge in [-0.2, -0.15) is 5.26 Å². The maximum Gasteiger partial charge on any atom is 0.138 e. The first kappa shape index (κ1) is 9.86. The number of hydrogen-bond donors (Lipinski definition) is 0. The molecule has 0 fully saturated rings. The molecule has 0 bridgehead atoms. The molecule has 0 aliphatic rings. The minimum atomic E-state index is 0.769. The predicted molar refractivity (Wildman–Crippen MR) is 69.8 cm³/mol. The van der Waals surface area contributed by atoms with Crippen molar-refractivity contribution in [3.05, 3.63) is 35.4 Å². The van der Waals surface area contributed by atoms with Crippen molar-refractivity contribution in [1.82, 2.24) is 0 Å². The molecule has 0 aromatic heterocycles. The Morgan fingerprint density at radius 3 is 2.07 bits per heavy atom. The molecule has 2 rings (SSSR count). The lowest BCUT2D eigenvalue weighted by Gasteiger charge is -2.06. The normalized spacial score (nSPS) is 10.1. The van der Waals surface area contributed by atoms with E-state index in [9.17, 15) is 0 Å². The van der Waals surface area contributed by atoms with Gasteiger partial charge >= 0.3 is 0 Å². The number of fused-ring (bicyclic) bond motifs is 1. The first-order valence-corrected chi connectivity index (χ1v) is 5.03. The number of nitrogens with zero attached hydrogens (tertiary/aromatic N) is 1. The Bertz CT molecular complexity index is 582. The number of hydrogen-bond acceptors (Lipinski definition) is 1. The number of rotatable bonds is 0. The van der Waals surface area contributed by atoms with E-state index >= 15 is 0 Å². The molecule has 0 heterocycles. The summed E-state index contributed by atoms with van der Waals surface area (Å²) in [5.41, 5.74) is 4.39. The summed E-state index contributed by atoms with van der Waals surface area (Å²) < 4.78 is 0. The third-order valence-electron chi connectivity index (χ3n) is 2.92. The summed E-state index contributed by atoms with van der Waals surface area (Å²) in [4.78, 5) is 0. The van der Waals surface area contributed by atoms with Crippen molar-refractivity contribution in [3.8, 4) is 6.07 Å². The zero-order valence-corrected chi connectivity index (χ0v) is 9.26. The standard InChI is InChI=1S/C12H11B2N/c1-7-2-8-4-11(13)12(14)5-9(8)3-10(7)6-15/h2-5H,13-14H2,1H3. The van der Waals surface area contributed by atoms with E-state index in [0.717, 1.165) is 16.5 Å². The first-order chi connectivity index (χ1) is 7.11. The van der Waals surface area contributed by atoms with E-state index in [1.165, 1.54) is 16.3 Å². The van der Waals surface area contributed by atoms with Crippen molar-refractivity contribution < 1.29 is 0 Å². The Balaban J connectivity index is 2.84. The van der Waals surface area contributed by atoms with Gasteiger partial charge in [-0.15, -0.1) is 0 Å². The van der Waals surface area contributed by atoms with Crippen LogP contribution in [0.4, 0.5) is 0 Å². The molecule has 0 unspecified atom stereocenters. The van der Waals surface area contributed by atoms with Gasteiger partial charge < -0.3 is 0 Å². The minimum Gasteiger partial charge on any atom is -0.192 e. The second-order valence-corrected chi connectivity index (χ2v) is 4.06. The van der Waals surface area contributed by atoms with Crippen LogP contribution in [0.2, 0.25) is 0 Å². The van der Waals surface area contributed by atoms with Gasteiger partial charge in [-0.3, -0.25) is 0 Å². The van der Waals surface area contributed by atoms with Gasteiger partial charge in [-0.1, -0.05) is 29.1 Å². The molecule has 1 nitrogen and oxygen atoms in total. The molecule has 0 atom stereocenters. The van der Waals surface area contributed by atoms with E-state index in [1.54, 1.807) is 0 Å². The number of nitriles is 1. The van der Waals surface area contributed by atoms with E-state index in [0.29, 0.717) is 0 Å². The van der Waals surface area contributed by atoms with Gasteiger partial charge in [0.1, 0.15) is 15.7 Å². The summed E-state index contributed by atoms with van der Waals surface area (Å²) >= 11 is 0. The average molecular weight is 191 g/mol. The monoisotopic (exact) mass is 191 g/mol. The van der Waals surface area contributed by atoms with Gasteiger partial charge in [-0.05, 0) is 29.3 Å². The predicted octanol–water partition coefficient (Wildman–Crippen LogP) is -0.463. The largest absolute Gasteiger partial charge is 0.192 e. The highest BCUT2D eigenvalue weighted by molar-refractivity contribution is 6.49. The van der Waals surface area contributed by atoms with E-state index in [4.69, 9.17) is 5.26 Å². The summed E-state index contributed by atoms with van der Waals surface area (Å²) in [5.74, 6) is 0. The highest BCUT2D eigenvalue weighted by Crippen LogP contribution is 2.17. The van der Waals surface area contributed by atoms with E-state index in [-0.39, 0.29) is 0 Å². The first-order valence-electron chi connectivity index (χ1n) is 5.03. The Morgan fingerprint density at radius 2 is 1.53 bits per heavy atom. The van der Waals surface area contributed by atoms with Crippen LogP contribution in [0.1, 0.15) is 11.1 Å². The van der Waals surface area contributed by atoms with Crippen LogP contribution in [-0.2, 0) is 0 Å². The molecule has 15 heavy (non-hydrogen) atoms. The SMILES string of the molecule is Bc1cc2cc(C)c(C#N)cc2cc1B. The van der Waals surface area contributed by atoms with E-state index < -0.39 is 0 Å². The van der Waals surface area contributed by atoms with Crippen molar-refractivity contribution in [1.29, 1.82) is 5.26 Å². The lowest BCUT2D eigenvalue weighted by atomic mass is 9.79. The lowest BCUT2D eigenvalue weighted by molar-refractivity contribution is 1.42. The summed E-state index contributed by atoms with van der Waals surface area (Å²) in [5, 5.41) is 11.3. The highest BCUT2D eigenvalue weighted by atomic mass is 14.2. The lowest BCUT2D eigenvalue weighted by Crippen LogP contribution is -2.24. The summed E-state index contributed by atoms with van der Waals surface area (Å²) in [6.07, 6.45) is 0. The molecule has 0 spiro atoms. The maximum atomic E-state index is 8.95. The molecule has 2 aromatic carbocycles. The topological polar surface area (TPSA) is 23.8 Å². The zero-order valence-electron chi connectivity index (χ0n) is 9.26. The van der Waals surface area contributed by atoms with E-state index in [1.807, 2.05) is 13.0 Å². The second kappa shape index (κ2) is 3.47. The minimum absolute atomic E-state index is 0.769. The van der Waals surface area contributed by atoms with Crippen molar-refractivity contribution in [2.45, 2.75) is 6.92 Å².